The van der Waals surface area contributed by atoms with Crippen molar-refractivity contribution in [1.29, 1.82) is 0 Å². The molecule has 2 aromatic heterocycles. The van der Waals surface area contributed by atoms with Crippen LogP contribution in [0.25, 0.3) is 0 Å². The van der Waals surface area contributed by atoms with Crippen LogP contribution in [0.15, 0.2) is 35.3 Å². The highest BCUT2D eigenvalue weighted by Gasteiger charge is 2.09. The van der Waals surface area contributed by atoms with E-state index >= 15 is 0 Å². The Labute approximate surface area is 127 Å². The lowest BCUT2D eigenvalue weighted by atomic mass is 10.2. The van der Waals surface area contributed by atoms with Crippen LogP contribution in [0.2, 0.25) is 0 Å². The summed E-state index contributed by atoms with van der Waals surface area (Å²) in [6, 6.07) is 1.45. The third-order valence-electron chi connectivity index (χ3n) is 2.25. The quantitative estimate of drug-likeness (QED) is 0.632. The molecule has 8 nitrogen and oxygen atoms in total. The van der Waals surface area contributed by atoms with Gasteiger partial charge in [0.1, 0.15) is 11.1 Å². The van der Waals surface area contributed by atoms with Crippen LogP contribution in [-0.2, 0) is 0 Å². The number of aromatic nitrogens is 2. The monoisotopic (exact) mass is 354 g/mol. The van der Waals surface area contributed by atoms with E-state index in [0.717, 1.165) is 0 Å². The first kappa shape index (κ1) is 16.4. The summed E-state index contributed by atoms with van der Waals surface area (Å²) in [5.41, 5.74) is 11.2. The van der Waals surface area contributed by atoms with Crippen LogP contribution < -0.4 is 11.5 Å². The molecule has 2 heterocycles. The minimum absolute atomic E-state index is 0.0133. The van der Waals surface area contributed by atoms with E-state index in [9.17, 15) is 9.59 Å². The molecule has 9 heteroatoms. The van der Waals surface area contributed by atoms with Gasteiger partial charge in [0.2, 0.25) is 0 Å². The molecular formula is C12H11BrN4O4. The van der Waals surface area contributed by atoms with Crippen molar-refractivity contribution >= 4 is 39.2 Å². The average molecular weight is 355 g/mol. The number of pyridine rings is 2. The third-order valence-corrected chi connectivity index (χ3v) is 2.89. The molecule has 0 saturated heterocycles. The molecule has 0 atom stereocenters. The zero-order chi connectivity index (χ0) is 16.0. The molecule has 0 aromatic carbocycles. The Bertz CT molecular complexity index is 678. The van der Waals surface area contributed by atoms with E-state index < -0.39 is 11.9 Å². The number of hydrogen-bond donors (Lipinski definition) is 4. The van der Waals surface area contributed by atoms with E-state index in [1.54, 1.807) is 0 Å². The lowest BCUT2D eigenvalue weighted by molar-refractivity contribution is 0.0686. The summed E-state index contributed by atoms with van der Waals surface area (Å²) in [4.78, 5) is 28.0. The Morgan fingerprint density at radius 3 is 2.00 bits per heavy atom. The van der Waals surface area contributed by atoms with E-state index in [1.165, 1.54) is 30.9 Å². The molecule has 0 saturated carbocycles. The number of carboxylic acids is 2. The van der Waals surface area contributed by atoms with Gasteiger partial charge in [-0.25, -0.2) is 9.59 Å². The smallest absolute Gasteiger partial charge is 0.339 e. The Morgan fingerprint density at radius 2 is 1.57 bits per heavy atom. The number of carbonyl (C=O) groups is 2. The number of rotatable bonds is 2. The van der Waals surface area contributed by atoms with Gasteiger partial charge in [-0.05, 0) is 22.0 Å². The van der Waals surface area contributed by atoms with Gasteiger partial charge in [-0.2, -0.15) is 0 Å². The molecule has 0 unspecified atom stereocenters. The predicted molar refractivity (Wildman–Crippen MR) is 78.9 cm³/mol. The zero-order valence-corrected chi connectivity index (χ0v) is 12.1. The van der Waals surface area contributed by atoms with Gasteiger partial charge in [-0.15, -0.1) is 0 Å². The number of nitrogens with zero attached hydrogens (tertiary/aromatic N) is 2. The number of hydrogen-bond acceptors (Lipinski definition) is 6. The molecule has 0 amide bonds. The molecule has 6 N–H and O–H groups in total. The van der Waals surface area contributed by atoms with Gasteiger partial charge in [0, 0.05) is 30.5 Å². The predicted octanol–water partition coefficient (Wildman–Crippen LogP) is 1.49. The maximum Gasteiger partial charge on any atom is 0.339 e. The van der Waals surface area contributed by atoms with Gasteiger partial charge in [-0.1, -0.05) is 0 Å². The molecule has 2 rings (SSSR count). The maximum absolute atomic E-state index is 10.4. The van der Waals surface area contributed by atoms with Crippen molar-refractivity contribution < 1.29 is 19.8 Å². The molecule has 0 spiro atoms. The zero-order valence-electron chi connectivity index (χ0n) is 10.5. The minimum atomic E-state index is -1.07. The first-order valence-corrected chi connectivity index (χ1v) is 6.19. The second-order valence-corrected chi connectivity index (χ2v) is 4.51. The normalized spacial score (nSPS) is 9.38. The van der Waals surface area contributed by atoms with Crippen LogP contribution in [-0.4, -0.2) is 32.1 Å². The summed E-state index contributed by atoms with van der Waals surface area (Å²) >= 11 is 3.06. The number of nitrogens with two attached hydrogens (primary N) is 2. The Balaban J connectivity index is 0.000000211. The van der Waals surface area contributed by atoms with Crippen LogP contribution >= 0.6 is 15.9 Å². The molecule has 0 aliphatic heterocycles. The number of aromatic carboxylic acids is 2. The topological polar surface area (TPSA) is 152 Å². The summed E-state index contributed by atoms with van der Waals surface area (Å²) in [6.45, 7) is 0. The largest absolute Gasteiger partial charge is 0.478 e. The summed E-state index contributed by atoms with van der Waals surface area (Å²) in [6.07, 6.45) is 5.32. The van der Waals surface area contributed by atoms with Crippen molar-refractivity contribution in [1.82, 2.24) is 9.97 Å². The lowest BCUT2D eigenvalue weighted by Crippen LogP contribution is -2.03. The Hall–Kier alpha value is -2.68. The number of carboxylic acid groups (broad SMARTS) is 2. The maximum atomic E-state index is 10.4. The van der Waals surface area contributed by atoms with Crippen molar-refractivity contribution in [3.63, 3.8) is 0 Å². The molecule has 110 valence electrons. The minimum Gasteiger partial charge on any atom is -0.478 e. The van der Waals surface area contributed by atoms with E-state index in [1.807, 2.05) is 0 Å². The molecular weight excluding hydrogens is 344 g/mol. The average Bonchev–Trinajstić information content (AvgIpc) is 2.42. The third kappa shape index (κ3) is 4.42. The SMILES string of the molecule is Nc1c(Br)cncc1C(=O)O.Nc1ccncc1C(=O)O. The van der Waals surface area contributed by atoms with E-state index in [-0.39, 0.29) is 22.5 Å². The van der Waals surface area contributed by atoms with Gasteiger partial charge in [0.15, 0.2) is 0 Å². The molecule has 0 aliphatic carbocycles. The van der Waals surface area contributed by atoms with Gasteiger partial charge in [-0.3, -0.25) is 9.97 Å². The first-order chi connectivity index (χ1) is 9.84. The summed E-state index contributed by atoms with van der Waals surface area (Å²) in [5.74, 6) is -2.12. The second kappa shape index (κ2) is 7.20. The van der Waals surface area contributed by atoms with Crippen molar-refractivity contribution in [3.8, 4) is 0 Å². The molecule has 0 fully saturated rings. The fourth-order valence-electron chi connectivity index (χ4n) is 1.20. The van der Waals surface area contributed by atoms with Crippen LogP contribution in [0, 0.1) is 0 Å². The van der Waals surface area contributed by atoms with Gasteiger partial charge >= 0.3 is 11.9 Å². The van der Waals surface area contributed by atoms with Gasteiger partial charge in [0.05, 0.1) is 10.2 Å². The van der Waals surface area contributed by atoms with Crippen molar-refractivity contribution in [2.45, 2.75) is 0 Å². The Morgan fingerprint density at radius 1 is 1.00 bits per heavy atom. The van der Waals surface area contributed by atoms with Crippen molar-refractivity contribution in [2.24, 2.45) is 0 Å². The fraction of sp³-hybridized carbons (Fsp3) is 0. The summed E-state index contributed by atoms with van der Waals surface area (Å²) in [5, 5.41) is 17.0. The summed E-state index contributed by atoms with van der Waals surface area (Å²) in [7, 11) is 0. The van der Waals surface area contributed by atoms with E-state index in [2.05, 4.69) is 25.9 Å². The van der Waals surface area contributed by atoms with Crippen LogP contribution in [0.4, 0.5) is 11.4 Å². The van der Waals surface area contributed by atoms with Crippen molar-refractivity contribution in [3.05, 3.63) is 46.5 Å². The van der Waals surface area contributed by atoms with E-state index in [0.29, 0.717) is 4.47 Å². The molecule has 0 bridgehead atoms. The Kier molecular flexibility index (Phi) is 5.61. The highest BCUT2D eigenvalue weighted by molar-refractivity contribution is 9.10. The molecule has 0 aliphatic rings. The fourth-order valence-corrected chi connectivity index (χ4v) is 1.53. The number of anilines is 2. The second-order valence-electron chi connectivity index (χ2n) is 3.66. The van der Waals surface area contributed by atoms with Crippen LogP contribution in [0.1, 0.15) is 20.7 Å². The summed E-state index contributed by atoms with van der Waals surface area (Å²) < 4.78 is 0.498. The van der Waals surface area contributed by atoms with E-state index in [4.69, 9.17) is 21.7 Å². The number of halogens is 1. The first-order valence-electron chi connectivity index (χ1n) is 5.39. The van der Waals surface area contributed by atoms with Gasteiger partial charge < -0.3 is 21.7 Å². The number of nitrogen functional groups attached to an aromatic ring is 2. The highest BCUT2D eigenvalue weighted by atomic mass is 79.9. The van der Waals surface area contributed by atoms with Gasteiger partial charge in [0.25, 0.3) is 0 Å². The highest BCUT2D eigenvalue weighted by Crippen LogP contribution is 2.20. The molecule has 2 aromatic rings. The lowest BCUT2D eigenvalue weighted by Gasteiger charge is -1.99. The van der Waals surface area contributed by atoms with Crippen molar-refractivity contribution in [2.75, 3.05) is 11.5 Å². The standard InChI is InChI=1S/C6H5BrN2O2.C6H6N2O2/c7-4-2-9-1-3(5(4)8)6(10)11;7-5-1-2-8-3-4(5)6(9)10/h1-2H,(H2,8,9)(H,10,11);1-3H,(H2,7,8)(H,9,10). The van der Waals surface area contributed by atoms with Crippen LogP contribution in [0.3, 0.4) is 0 Å². The molecule has 21 heavy (non-hydrogen) atoms. The van der Waals surface area contributed by atoms with Crippen LogP contribution in [0.5, 0.6) is 0 Å². The molecule has 0 radical (unpaired) electrons.